The summed E-state index contributed by atoms with van der Waals surface area (Å²) in [6.07, 6.45) is 8.38. The fourth-order valence-corrected chi connectivity index (χ4v) is 2.78. The van der Waals surface area contributed by atoms with E-state index in [0.29, 0.717) is 0 Å². The van der Waals surface area contributed by atoms with E-state index in [9.17, 15) is 31.5 Å². The number of carbonyl (C=O) groups is 2. The van der Waals surface area contributed by atoms with Gasteiger partial charge in [0.15, 0.2) is 5.75 Å². The number of ether oxygens (including phenoxy) is 3. The maximum absolute atomic E-state index is 13.4. The summed E-state index contributed by atoms with van der Waals surface area (Å²) in [7, 11) is 0. The Hall–Kier alpha value is -2.39. The van der Waals surface area contributed by atoms with Crippen LogP contribution >= 0.6 is 0 Å². The molecule has 0 aliphatic heterocycles. The summed E-state index contributed by atoms with van der Waals surface area (Å²) in [5.74, 6) is -13.6. The molecule has 0 aromatic heterocycles. The molecule has 0 N–H and O–H groups in total. The van der Waals surface area contributed by atoms with Crippen LogP contribution in [-0.2, 0) is 19.1 Å². The Kier molecular flexibility index (Phi) is 13.3. The van der Waals surface area contributed by atoms with Crippen LogP contribution in [0.3, 0.4) is 0 Å². The van der Waals surface area contributed by atoms with E-state index < -0.39 is 60.0 Å². The van der Waals surface area contributed by atoms with Crippen LogP contribution in [0, 0.1) is 29.1 Å². The minimum absolute atomic E-state index is 0.200. The standard InChI is InChI=1S/C22H29F5O5/c1-2-3-4-5-6-7-8-9-12-30-15(28)10-11-16(29)31-13-14-32-22-20(26)18(24)17(23)19(25)21(22)27/h2-14H2,1H3. The van der Waals surface area contributed by atoms with Crippen LogP contribution in [0.25, 0.3) is 0 Å². The van der Waals surface area contributed by atoms with Gasteiger partial charge in [0.05, 0.1) is 19.4 Å². The molecule has 0 fully saturated rings. The van der Waals surface area contributed by atoms with Gasteiger partial charge >= 0.3 is 11.9 Å². The van der Waals surface area contributed by atoms with E-state index in [2.05, 4.69) is 11.7 Å². The Morgan fingerprint density at radius 3 is 1.56 bits per heavy atom. The van der Waals surface area contributed by atoms with Gasteiger partial charge in [0.1, 0.15) is 13.2 Å². The van der Waals surface area contributed by atoms with Crippen LogP contribution in [0.2, 0.25) is 0 Å². The normalized spacial score (nSPS) is 10.8. The molecule has 10 heteroatoms. The quantitative estimate of drug-likeness (QED) is 0.101. The van der Waals surface area contributed by atoms with Crippen molar-refractivity contribution in [2.45, 2.75) is 71.1 Å². The van der Waals surface area contributed by atoms with Crippen LogP contribution in [0.4, 0.5) is 22.0 Å². The van der Waals surface area contributed by atoms with Crippen molar-refractivity contribution in [3.63, 3.8) is 0 Å². The van der Waals surface area contributed by atoms with Crippen LogP contribution < -0.4 is 4.74 Å². The average Bonchev–Trinajstić information content (AvgIpc) is 2.78. The monoisotopic (exact) mass is 468 g/mol. The smallest absolute Gasteiger partial charge is 0.306 e. The fourth-order valence-electron chi connectivity index (χ4n) is 2.78. The molecule has 1 aromatic rings. The molecule has 0 saturated heterocycles. The molecule has 32 heavy (non-hydrogen) atoms. The maximum atomic E-state index is 13.4. The van der Waals surface area contributed by atoms with Gasteiger partial charge in [-0.3, -0.25) is 9.59 Å². The lowest BCUT2D eigenvalue weighted by Crippen LogP contribution is -2.16. The average molecular weight is 468 g/mol. The molecule has 1 aromatic carbocycles. The van der Waals surface area contributed by atoms with Crippen molar-refractivity contribution in [2.75, 3.05) is 19.8 Å². The highest BCUT2D eigenvalue weighted by Gasteiger charge is 2.27. The number of halogens is 5. The van der Waals surface area contributed by atoms with Crippen molar-refractivity contribution in [3.05, 3.63) is 29.1 Å². The van der Waals surface area contributed by atoms with Crippen LogP contribution in [0.5, 0.6) is 5.75 Å². The van der Waals surface area contributed by atoms with Gasteiger partial charge in [0, 0.05) is 0 Å². The van der Waals surface area contributed by atoms with E-state index in [1.807, 2.05) is 0 Å². The third-order valence-corrected chi connectivity index (χ3v) is 4.56. The number of benzene rings is 1. The Morgan fingerprint density at radius 1 is 0.594 bits per heavy atom. The van der Waals surface area contributed by atoms with E-state index >= 15 is 0 Å². The second-order valence-corrected chi connectivity index (χ2v) is 7.16. The minimum Gasteiger partial charge on any atom is -0.484 e. The van der Waals surface area contributed by atoms with Crippen molar-refractivity contribution >= 4 is 11.9 Å². The van der Waals surface area contributed by atoms with E-state index in [0.717, 1.165) is 25.7 Å². The number of hydrogen-bond acceptors (Lipinski definition) is 5. The zero-order chi connectivity index (χ0) is 23.9. The zero-order valence-electron chi connectivity index (χ0n) is 18.1. The predicted molar refractivity (Wildman–Crippen MR) is 105 cm³/mol. The lowest BCUT2D eigenvalue weighted by atomic mass is 10.1. The van der Waals surface area contributed by atoms with Gasteiger partial charge < -0.3 is 14.2 Å². The molecular weight excluding hydrogens is 439 g/mol. The molecule has 1 rings (SSSR count). The van der Waals surface area contributed by atoms with Crippen molar-refractivity contribution in [1.29, 1.82) is 0 Å². The lowest BCUT2D eigenvalue weighted by Gasteiger charge is -2.10. The summed E-state index contributed by atoms with van der Waals surface area (Å²) in [6.45, 7) is 1.28. The van der Waals surface area contributed by atoms with Crippen molar-refractivity contribution in [1.82, 2.24) is 0 Å². The highest BCUT2D eigenvalue weighted by Crippen LogP contribution is 2.28. The molecule has 0 aliphatic rings. The van der Waals surface area contributed by atoms with Gasteiger partial charge in [-0.2, -0.15) is 8.78 Å². The first-order valence-corrected chi connectivity index (χ1v) is 10.7. The van der Waals surface area contributed by atoms with Gasteiger partial charge in [-0.25, -0.2) is 13.2 Å². The molecule has 0 radical (unpaired) electrons. The number of esters is 2. The molecule has 0 bridgehead atoms. The first-order valence-electron chi connectivity index (χ1n) is 10.7. The number of carbonyl (C=O) groups excluding carboxylic acids is 2. The van der Waals surface area contributed by atoms with Gasteiger partial charge in [-0.1, -0.05) is 51.9 Å². The van der Waals surface area contributed by atoms with Gasteiger partial charge in [-0.15, -0.1) is 0 Å². The van der Waals surface area contributed by atoms with Gasteiger partial charge in [0.25, 0.3) is 0 Å². The Morgan fingerprint density at radius 2 is 1.03 bits per heavy atom. The molecule has 0 saturated carbocycles. The third kappa shape index (κ3) is 9.82. The Balaban J connectivity index is 2.14. The van der Waals surface area contributed by atoms with E-state index in [4.69, 9.17) is 9.47 Å². The van der Waals surface area contributed by atoms with E-state index in [-0.39, 0.29) is 19.4 Å². The van der Waals surface area contributed by atoms with Crippen molar-refractivity contribution in [2.24, 2.45) is 0 Å². The molecule has 0 unspecified atom stereocenters. The first kappa shape index (κ1) is 27.6. The zero-order valence-corrected chi connectivity index (χ0v) is 18.1. The topological polar surface area (TPSA) is 61.8 Å². The van der Waals surface area contributed by atoms with E-state index in [1.165, 1.54) is 25.7 Å². The van der Waals surface area contributed by atoms with Crippen molar-refractivity contribution in [3.8, 4) is 5.75 Å². The Labute approximate surface area is 184 Å². The van der Waals surface area contributed by atoms with Crippen LogP contribution in [0.15, 0.2) is 0 Å². The summed E-state index contributed by atoms with van der Waals surface area (Å²) in [4.78, 5) is 23.2. The molecule has 5 nitrogen and oxygen atoms in total. The molecule has 0 spiro atoms. The molecule has 0 heterocycles. The molecular formula is C22H29F5O5. The summed E-state index contributed by atoms with van der Waals surface area (Å²) in [5.41, 5.74) is 0. The highest BCUT2D eigenvalue weighted by molar-refractivity contribution is 5.77. The molecule has 182 valence electrons. The van der Waals surface area contributed by atoms with Gasteiger partial charge in [-0.05, 0) is 6.42 Å². The summed E-state index contributed by atoms with van der Waals surface area (Å²) >= 11 is 0. The SMILES string of the molecule is CCCCCCCCCCOC(=O)CCC(=O)OCCOc1c(F)c(F)c(F)c(F)c1F. The number of unbranched alkanes of at least 4 members (excludes halogenated alkanes) is 7. The third-order valence-electron chi connectivity index (χ3n) is 4.56. The number of rotatable bonds is 16. The number of hydrogen-bond donors (Lipinski definition) is 0. The van der Waals surface area contributed by atoms with E-state index in [1.54, 1.807) is 0 Å². The van der Waals surface area contributed by atoms with Crippen LogP contribution in [0.1, 0.15) is 71.1 Å². The van der Waals surface area contributed by atoms with Crippen molar-refractivity contribution < 1.29 is 45.8 Å². The Bertz CT molecular complexity index is 713. The predicted octanol–water partition coefficient (Wildman–Crippen LogP) is 5.77. The fraction of sp³-hybridized carbons (Fsp3) is 0.636. The minimum atomic E-state index is -2.30. The first-order chi connectivity index (χ1) is 15.3. The van der Waals surface area contributed by atoms with Gasteiger partial charge in [0.2, 0.25) is 29.1 Å². The van der Waals surface area contributed by atoms with Crippen LogP contribution in [-0.4, -0.2) is 31.8 Å². The molecule has 0 aliphatic carbocycles. The summed E-state index contributed by atoms with van der Waals surface area (Å²) in [5, 5.41) is 0. The highest BCUT2D eigenvalue weighted by atomic mass is 19.2. The molecule has 0 atom stereocenters. The molecule has 0 amide bonds. The lowest BCUT2D eigenvalue weighted by molar-refractivity contribution is -0.150. The summed E-state index contributed by atoms with van der Waals surface area (Å²) < 4.78 is 80.1. The second kappa shape index (κ2) is 15.4. The largest absolute Gasteiger partial charge is 0.484 e. The summed E-state index contributed by atoms with van der Waals surface area (Å²) in [6, 6.07) is 0. The second-order valence-electron chi connectivity index (χ2n) is 7.16. The maximum Gasteiger partial charge on any atom is 0.306 e.